The van der Waals surface area contributed by atoms with Crippen molar-refractivity contribution in [2.45, 2.75) is 26.8 Å². The highest BCUT2D eigenvalue weighted by molar-refractivity contribution is 7.07. The van der Waals surface area contributed by atoms with Gasteiger partial charge in [0.05, 0.1) is 42.2 Å². The predicted molar refractivity (Wildman–Crippen MR) is 153 cm³/mol. The van der Waals surface area contributed by atoms with Gasteiger partial charge in [0, 0.05) is 0 Å². The Labute approximate surface area is 245 Å². The molecule has 2 aliphatic rings. The minimum absolute atomic E-state index is 0.154. The number of methoxy groups -OCH3 is 1. The summed E-state index contributed by atoms with van der Waals surface area (Å²) >= 11 is 1.22. The third kappa shape index (κ3) is 5.75. The van der Waals surface area contributed by atoms with Crippen LogP contribution in [0.3, 0.4) is 0 Å². The molecule has 12 heteroatoms. The number of nitrogens with zero attached hydrogens (tertiary/aromatic N) is 2. The summed E-state index contributed by atoms with van der Waals surface area (Å²) in [5.41, 5.74) is 1.67. The highest BCUT2D eigenvalue weighted by Crippen LogP contribution is 2.36. The van der Waals surface area contributed by atoms with E-state index < -0.39 is 18.0 Å². The van der Waals surface area contributed by atoms with Gasteiger partial charge in [0.1, 0.15) is 13.2 Å². The summed E-state index contributed by atoms with van der Waals surface area (Å²) in [6.07, 6.45) is 1.76. The second-order valence-electron chi connectivity index (χ2n) is 9.21. The van der Waals surface area contributed by atoms with Crippen LogP contribution in [0.5, 0.6) is 23.0 Å². The van der Waals surface area contributed by atoms with E-state index in [4.69, 9.17) is 28.4 Å². The van der Waals surface area contributed by atoms with Crippen molar-refractivity contribution in [3.63, 3.8) is 0 Å². The van der Waals surface area contributed by atoms with E-state index in [9.17, 15) is 14.4 Å². The normalized spacial score (nSPS) is 15.9. The maximum Gasteiger partial charge on any atom is 0.344 e. The molecule has 3 aromatic rings. The Balaban J connectivity index is 1.60. The lowest BCUT2D eigenvalue weighted by Gasteiger charge is -2.25. The molecule has 42 heavy (non-hydrogen) atoms. The van der Waals surface area contributed by atoms with Crippen LogP contribution in [0.1, 0.15) is 37.9 Å². The van der Waals surface area contributed by atoms with Gasteiger partial charge in [0.15, 0.2) is 34.4 Å². The molecule has 0 saturated heterocycles. The Bertz CT molecular complexity index is 1740. The average Bonchev–Trinajstić information content (AvgIpc) is 3.29. The van der Waals surface area contributed by atoms with Crippen molar-refractivity contribution in [2.75, 3.05) is 40.1 Å². The van der Waals surface area contributed by atoms with Crippen LogP contribution < -0.4 is 33.8 Å². The minimum Gasteiger partial charge on any atom is -0.493 e. The van der Waals surface area contributed by atoms with Crippen molar-refractivity contribution in [1.82, 2.24) is 4.57 Å². The van der Waals surface area contributed by atoms with E-state index in [2.05, 4.69) is 4.99 Å². The van der Waals surface area contributed by atoms with Crippen LogP contribution in [0.4, 0.5) is 0 Å². The zero-order chi connectivity index (χ0) is 29.8. The fraction of sp³-hybridized carbons (Fsp3) is 0.333. The SMILES string of the molecule is CCOC(=O)COc1ccc(C2C(C(=O)OCC)=C(C)N=c3sc(=Cc4ccc5c(c4)OCCO5)c(=O)n32)cc1OC. The Hall–Kier alpha value is -4.58. The molecule has 1 aromatic heterocycles. The van der Waals surface area contributed by atoms with E-state index in [1.54, 1.807) is 51.1 Å². The first-order valence-corrected chi connectivity index (χ1v) is 14.2. The third-order valence-electron chi connectivity index (χ3n) is 6.54. The van der Waals surface area contributed by atoms with Gasteiger partial charge in [0.25, 0.3) is 5.56 Å². The van der Waals surface area contributed by atoms with E-state index in [1.165, 1.54) is 23.0 Å². The Morgan fingerprint density at radius 1 is 1.05 bits per heavy atom. The molecule has 0 spiro atoms. The van der Waals surface area contributed by atoms with Gasteiger partial charge in [-0.2, -0.15) is 0 Å². The number of fused-ring (bicyclic) bond motifs is 2. The molecule has 5 rings (SSSR count). The fourth-order valence-corrected chi connectivity index (χ4v) is 5.77. The van der Waals surface area contributed by atoms with E-state index in [0.29, 0.717) is 56.8 Å². The molecule has 11 nitrogen and oxygen atoms in total. The Kier molecular flexibility index (Phi) is 8.62. The number of hydrogen-bond donors (Lipinski definition) is 0. The van der Waals surface area contributed by atoms with Gasteiger partial charge >= 0.3 is 11.9 Å². The molecule has 3 heterocycles. The van der Waals surface area contributed by atoms with Gasteiger partial charge in [-0.05, 0) is 62.2 Å². The van der Waals surface area contributed by atoms with E-state index in [0.717, 1.165) is 5.56 Å². The lowest BCUT2D eigenvalue weighted by Crippen LogP contribution is -2.40. The summed E-state index contributed by atoms with van der Waals surface area (Å²) in [4.78, 5) is 44.0. The van der Waals surface area contributed by atoms with Crippen LogP contribution in [0.2, 0.25) is 0 Å². The van der Waals surface area contributed by atoms with Crippen LogP contribution in [0.15, 0.2) is 57.5 Å². The first kappa shape index (κ1) is 28.9. The summed E-state index contributed by atoms with van der Waals surface area (Å²) in [5.74, 6) is 0.784. The third-order valence-corrected chi connectivity index (χ3v) is 7.52. The zero-order valence-corrected chi connectivity index (χ0v) is 24.4. The molecule has 2 aliphatic heterocycles. The van der Waals surface area contributed by atoms with Crippen molar-refractivity contribution in [3.8, 4) is 23.0 Å². The van der Waals surface area contributed by atoms with Crippen molar-refractivity contribution in [2.24, 2.45) is 4.99 Å². The van der Waals surface area contributed by atoms with Crippen molar-refractivity contribution in [1.29, 1.82) is 0 Å². The summed E-state index contributed by atoms with van der Waals surface area (Å²) in [6.45, 7) is 6.16. The number of allylic oxidation sites excluding steroid dienone is 1. The van der Waals surface area contributed by atoms with Gasteiger partial charge < -0.3 is 28.4 Å². The smallest absolute Gasteiger partial charge is 0.344 e. The zero-order valence-electron chi connectivity index (χ0n) is 23.6. The molecule has 0 amide bonds. The van der Waals surface area contributed by atoms with Crippen LogP contribution in [0.25, 0.3) is 6.08 Å². The van der Waals surface area contributed by atoms with E-state index in [1.807, 2.05) is 12.1 Å². The second kappa shape index (κ2) is 12.5. The Morgan fingerprint density at radius 3 is 2.55 bits per heavy atom. The van der Waals surface area contributed by atoms with Gasteiger partial charge in [-0.3, -0.25) is 9.36 Å². The number of ether oxygens (including phenoxy) is 6. The topological polar surface area (TPSA) is 124 Å². The van der Waals surface area contributed by atoms with E-state index >= 15 is 0 Å². The lowest BCUT2D eigenvalue weighted by molar-refractivity contribution is -0.145. The lowest BCUT2D eigenvalue weighted by atomic mass is 9.95. The number of carbonyl (C=O) groups excluding carboxylic acids is 2. The molecular weight excluding hydrogens is 564 g/mol. The number of thiazole rings is 1. The number of benzene rings is 2. The number of rotatable bonds is 9. The first-order valence-electron chi connectivity index (χ1n) is 13.4. The largest absolute Gasteiger partial charge is 0.493 e. The maximum absolute atomic E-state index is 13.9. The molecule has 220 valence electrons. The van der Waals surface area contributed by atoms with Crippen LogP contribution >= 0.6 is 11.3 Å². The number of esters is 2. The van der Waals surface area contributed by atoms with E-state index in [-0.39, 0.29) is 31.0 Å². The quantitative estimate of drug-likeness (QED) is 0.344. The molecule has 0 radical (unpaired) electrons. The predicted octanol–water partition coefficient (Wildman–Crippen LogP) is 2.52. The summed E-state index contributed by atoms with van der Waals surface area (Å²) in [7, 11) is 1.46. The molecule has 0 fully saturated rings. The Morgan fingerprint density at radius 2 is 1.81 bits per heavy atom. The molecule has 1 atom stereocenters. The second-order valence-corrected chi connectivity index (χ2v) is 10.2. The highest BCUT2D eigenvalue weighted by atomic mass is 32.1. The van der Waals surface area contributed by atoms with Crippen molar-refractivity contribution >= 4 is 29.4 Å². The standard InChI is InChI=1S/C30H30N2O9S/c1-5-37-25(33)16-41-20-10-8-19(15-22(20)36-4)27-26(29(35)38-6-2)17(3)31-30-32(27)28(34)24(42-30)14-18-7-9-21-23(13-18)40-12-11-39-21/h7-10,13-15,27H,5-6,11-12,16H2,1-4H3. The molecule has 0 aliphatic carbocycles. The van der Waals surface area contributed by atoms with Crippen LogP contribution in [0, 0.1) is 0 Å². The number of carbonyl (C=O) groups is 2. The highest BCUT2D eigenvalue weighted by Gasteiger charge is 2.34. The van der Waals surface area contributed by atoms with Gasteiger partial charge in [-0.1, -0.05) is 23.5 Å². The first-order chi connectivity index (χ1) is 20.3. The monoisotopic (exact) mass is 594 g/mol. The molecule has 0 bridgehead atoms. The number of aromatic nitrogens is 1. The number of hydrogen-bond acceptors (Lipinski definition) is 11. The molecule has 0 saturated carbocycles. The summed E-state index contributed by atoms with van der Waals surface area (Å²) in [5, 5.41) is 0. The molecular formula is C30H30N2O9S. The average molecular weight is 595 g/mol. The van der Waals surface area contributed by atoms with Gasteiger partial charge in [-0.25, -0.2) is 14.6 Å². The van der Waals surface area contributed by atoms with Gasteiger partial charge in [-0.15, -0.1) is 0 Å². The molecule has 2 aromatic carbocycles. The van der Waals surface area contributed by atoms with Crippen molar-refractivity contribution < 1.29 is 38.0 Å². The minimum atomic E-state index is -0.851. The maximum atomic E-state index is 13.9. The van der Waals surface area contributed by atoms with Gasteiger partial charge in [0.2, 0.25) is 0 Å². The summed E-state index contributed by atoms with van der Waals surface area (Å²) in [6, 6.07) is 9.62. The van der Waals surface area contributed by atoms with Crippen molar-refractivity contribution in [3.05, 3.63) is 78.5 Å². The molecule has 0 N–H and O–H groups in total. The fourth-order valence-electron chi connectivity index (χ4n) is 4.72. The molecule has 1 unspecified atom stereocenters. The van der Waals surface area contributed by atoms with Crippen LogP contribution in [-0.4, -0.2) is 56.6 Å². The summed E-state index contributed by atoms with van der Waals surface area (Å²) < 4.78 is 34.7. The van der Waals surface area contributed by atoms with Crippen LogP contribution in [-0.2, 0) is 19.1 Å².